The summed E-state index contributed by atoms with van der Waals surface area (Å²) in [5, 5.41) is 5.95. The standard InChI is InChI=1S/C17H22N4O2/c1-12(2)21-16(22)14-10-19-17(20-11-14)18-9-8-13-4-6-15(23-3)7-5-13/h4-7,10-12H,8-9H2,1-3H3,(H,21,22)(H,18,19,20). The van der Waals surface area contributed by atoms with Gasteiger partial charge in [0.25, 0.3) is 5.91 Å². The van der Waals surface area contributed by atoms with E-state index in [1.807, 2.05) is 38.1 Å². The number of amides is 1. The van der Waals surface area contributed by atoms with Crippen molar-refractivity contribution in [1.29, 1.82) is 0 Å². The summed E-state index contributed by atoms with van der Waals surface area (Å²) in [7, 11) is 1.65. The molecule has 1 aromatic carbocycles. The maximum absolute atomic E-state index is 11.8. The predicted molar refractivity (Wildman–Crippen MR) is 89.8 cm³/mol. The molecule has 122 valence electrons. The first-order valence-electron chi connectivity index (χ1n) is 7.58. The van der Waals surface area contributed by atoms with Crippen molar-refractivity contribution in [2.45, 2.75) is 26.3 Å². The molecule has 0 atom stereocenters. The van der Waals surface area contributed by atoms with Crippen molar-refractivity contribution in [1.82, 2.24) is 15.3 Å². The molecule has 0 radical (unpaired) electrons. The van der Waals surface area contributed by atoms with Crippen LogP contribution in [-0.2, 0) is 6.42 Å². The number of benzene rings is 1. The molecule has 0 aliphatic heterocycles. The molecule has 6 nitrogen and oxygen atoms in total. The Morgan fingerprint density at radius 1 is 1.17 bits per heavy atom. The highest BCUT2D eigenvalue weighted by Gasteiger charge is 2.08. The van der Waals surface area contributed by atoms with Gasteiger partial charge < -0.3 is 15.4 Å². The average molecular weight is 314 g/mol. The fourth-order valence-corrected chi connectivity index (χ4v) is 1.99. The summed E-state index contributed by atoms with van der Waals surface area (Å²) >= 11 is 0. The lowest BCUT2D eigenvalue weighted by Crippen LogP contribution is -2.30. The maximum Gasteiger partial charge on any atom is 0.254 e. The van der Waals surface area contributed by atoms with E-state index in [4.69, 9.17) is 4.74 Å². The maximum atomic E-state index is 11.8. The van der Waals surface area contributed by atoms with Crippen molar-refractivity contribution < 1.29 is 9.53 Å². The molecule has 0 saturated carbocycles. The van der Waals surface area contributed by atoms with E-state index < -0.39 is 0 Å². The molecule has 6 heteroatoms. The number of rotatable bonds is 7. The molecule has 0 bridgehead atoms. The molecule has 0 saturated heterocycles. The van der Waals surface area contributed by atoms with E-state index >= 15 is 0 Å². The van der Waals surface area contributed by atoms with Crippen LogP contribution in [0.15, 0.2) is 36.7 Å². The van der Waals surface area contributed by atoms with Gasteiger partial charge in [0.2, 0.25) is 5.95 Å². The summed E-state index contributed by atoms with van der Waals surface area (Å²) in [6.45, 7) is 4.53. The second kappa shape index (κ2) is 8.12. The predicted octanol–water partition coefficient (Wildman–Crippen LogP) is 2.28. The molecule has 2 aromatic rings. The van der Waals surface area contributed by atoms with Gasteiger partial charge in [0.05, 0.1) is 12.7 Å². The van der Waals surface area contributed by atoms with Gasteiger partial charge in [-0.25, -0.2) is 9.97 Å². The minimum atomic E-state index is -0.162. The van der Waals surface area contributed by atoms with Crippen molar-refractivity contribution in [2.24, 2.45) is 0 Å². The van der Waals surface area contributed by atoms with Crippen LogP contribution in [0.3, 0.4) is 0 Å². The molecule has 0 aliphatic carbocycles. The Balaban J connectivity index is 1.82. The topological polar surface area (TPSA) is 76.1 Å². The van der Waals surface area contributed by atoms with E-state index in [0.29, 0.717) is 18.1 Å². The number of carbonyl (C=O) groups is 1. The van der Waals surface area contributed by atoms with Crippen LogP contribution in [0.5, 0.6) is 5.75 Å². The Hall–Kier alpha value is -2.63. The summed E-state index contributed by atoms with van der Waals surface area (Å²) in [6, 6.07) is 8.02. The fourth-order valence-electron chi connectivity index (χ4n) is 1.99. The number of nitrogens with zero attached hydrogens (tertiary/aromatic N) is 2. The third-order valence-electron chi connectivity index (χ3n) is 3.19. The first kappa shape index (κ1) is 16.7. The number of ether oxygens (including phenoxy) is 1. The molecule has 23 heavy (non-hydrogen) atoms. The lowest BCUT2D eigenvalue weighted by atomic mass is 10.1. The summed E-state index contributed by atoms with van der Waals surface area (Å²) in [6.07, 6.45) is 3.91. The van der Waals surface area contributed by atoms with Crippen molar-refractivity contribution in [3.8, 4) is 5.75 Å². The van der Waals surface area contributed by atoms with Crippen LogP contribution in [0.25, 0.3) is 0 Å². The van der Waals surface area contributed by atoms with Crippen molar-refractivity contribution in [3.05, 3.63) is 47.8 Å². The molecule has 1 aromatic heterocycles. The molecule has 0 unspecified atom stereocenters. The summed E-state index contributed by atoms with van der Waals surface area (Å²) in [4.78, 5) is 20.1. The molecule has 0 fully saturated rings. The number of hydrogen-bond acceptors (Lipinski definition) is 5. The number of anilines is 1. The van der Waals surface area contributed by atoms with Crippen LogP contribution in [-0.4, -0.2) is 35.6 Å². The number of hydrogen-bond donors (Lipinski definition) is 2. The highest BCUT2D eigenvalue weighted by molar-refractivity contribution is 5.93. The monoisotopic (exact) mass is 314 g/mol. The van der Waals surface area contributed by atoms with Gasteiger partial charge in [-0.3, -0.25) is 4.79 Å². The zero-order valence-corrected chi connectivity index (χ0v) is 13.7. The summed E-state index contributed by atoms with van der Waals surface area (Å²) in [5.74, 6) is 1.20. The molecule has 0 spiro atoms. The lowest BCUT2D eigenvalue weighted by molar-refractivity contribution is 0.0942. The largest absolute Gasteiger partial charge is 0.497 e. The van der Waals surface area contributed by atoms with Crippen LogP contribution >= 0.6 is 0 Å². The number of nitrogens with one attached hydrogen (secondary N) is 2. The molecular weight excluding hydrogens is 292 g/mol. The second-order valence-corrected chi connectivity index (χ2v) is 5.45. The van der Waals surface area contributed by atoms with Crippen molar-refractivity contribution >= 4 is 11.9 Å². The van der Waals surface area contributed by atoms with E-state index in [-0.39, 0.29) is 11.9 Å². The smallest absolute Gasteiger partial charge is 0.254 e. The minimum absolute atomic E-state index is 0.0878. The zero-order valence-electron chi connectivity index (χ0n) is 13.7. The second-order valence-electron chi connectivity index (χ2n) is 5.45. The Bertz CT molecular complexity index is 624. The van der Waals surface area contributed by atoms with Crippen molar-refractivity contribution in [3.63, 3.8) is 0 Å². The molecular formula is C17H22N4O2. The van der Waals surface area contributed by atoms with Crippen LogP contribution < -0.4 is 15.4 Å². The quantitative estimate of drug-likeness (QED) is 0.820. The van der Waals surface area contributed by atoms with Crippen molar-refractivity contribution in [2.75, 3.05) is 19.0 Å². The Labute approximate surface area is 136 Å². The number of aromatic nitrogens is 2. The number of carbonyl (C=O) groups excluding carboxylic acids is 1. The Kier molecular flexibility index (Phi) is 5.91. The van der Waals surface area contributed by atoms with E-state index in [1.165, 1.54) is 18.0 Å². The summed E-state index contributed by atoms with van der Waals surface area (Å²) in [5.41, 5.74) is 1.66. The van der Waals surface area contributed by atoms with Gasteiger partial charge in [0.15, 0.2) is 0 Å². The average Bonchev–Trinajstić information content (AvgIpc) is 2.55. The lowest BCUT2D eigenvalue weighted by Gasteiger charge is -2.09. The van der Waals surface area contributed by atoms with Crippen LogP contribution in [0.2, 0.25) is 0 Å². The van der Waals surface area contributed by atoms with Gasteiger partial charge in [-0.2, -0.15) is 0 Å². The van der Waals surface area contributed by atoms with E-state index in [2.05, 4.69) is 20.6 Å². The zero-order chi connectivity index (χ0) is 16.7. The van der Waals surface area contributed by atoms with Gasteiger partial charge in [0.1, 0.15) is 5.75 Å². The first-order valence-corrected chi connectivity index (χ1v) is 7.58. The molecule has 0 aliphatic rings. The molecule has 2 N–H and O–H groups in total. The van der Waals surface area contributed by atoms with Gasteiger partial charge in [0, 0.05) is 25.0 Å². The van der Waals surface area contributed by atoms with Gasteiger partial charge in [-0.1, -0.05) is 12.1 Å². The third kappa shape index (κ3) is 5.25. The third-order valence-corrected chi connectivity index (χ3v) is 3.19. The Morgan fingerprint density at radius 2 is 1.83 bits per heavy atom. The normalized spacial score (nSPS) is 10.4. The number of methoxy groups -OCH3 is 1. The SMILES string of the molecule is COc1ccc(CCNc2ncc(C(=O)NC(C)C)cn2)cc1. The molecule has 1 heterocycles. The van der Waals surface area contributed by atoms with Gasteiger partial charge in [-0.15, -0.1) is 0 Å². The molecule has 1 amide bonds. The van der Waals surface area contributed by atoms with Crippen LogP contribution in [0, 0.1) is 0 Å². The highest BCUT2D eigenvalue weighted by atomic mass is 16.5. The highest BCUT2D eigenvalue weighted by Crippen LogP contribution is 2.11. The fraction of sp³-hybridized carbons (Fsp3) is 0.353. The first-order chi connectivity index (χ1) is 11.1. The molecule has 2 rings (SSSR count). The van der Waals surface area contributed by atoms with E-state index in [9.17, 15) is 4.79 Å². The van der Waals surface area contributed by atoms with E-state index in [0.717, 1.165) is 12.2 Å². The van der Waals surface area contributed by atoms with E-state index in [1.54, 1.807) is 7.11 Å². The Morgan fingerprint density at radius 3 is 2.39 bits per heavy atom. The van der Waals surface area contributed by atoms with Gasteiger partial charge in [-0.05, 0) is 38.0 Å². The summed E-state index contributed by atoms with van der Waals surface area (Å²) < 4.78 is 5.13. The minimum Gasteiger partial charge on any atom is -0.497 e. The van der Waals surface area contributed by atoms with Gasteiger partial charge >= 0.3 is 0 Å². The van der Waals surface area contributed by atoms with Crippen LogP contribution in [0.1, 0.15) is 29.8 Å². The van der Waals surface area contributed by atoms with Crippen LogP contribution in [0.4, 0.5) is 5.95 Å².